The number of fused-ring (bicyclic) bond motifs is 1. The Hall–Kier alpha value is -2.12. The van der Waals surface area contributed by atoms with Crippen LogP contribution in [0.3, 0.4) is 0 Å². The second-order valence-electron chi connectivity index (χ2n) is 5.60. The van der Waals surface area contributed by atoms with Crippen LogP contribution in [0.2, 0.25) is 0 Å². The van der Waals surface area contributed by atoms with Gasteiger partial charge in [0.05, 0.1) is 17.4 Å². The van der Waals surface area contributed by atoms with E-state index in [0.29, 0.717) is 13.0 Å². The van der Waals surface area contributed by atoms with E-state index in [0.717, 1.165) is 16.8 Å². The summed E-state index contributed by atoms with van der Waals surface area (Å²) in [6.07, 6.45) is 3.71. The van der Waals surface area contributed by atoms with Crippen molar-refractivity contribution in [3.05, 3.63) is 47.9 Å². The number of amides is 1. The monoisotopic (exact) mass is 334 g/mol. The maximum absolute atomic E-state index is 12.7. The average Bonchev–Trinajstić information content (AvgIpc) is 3.15. The summed E-state index contributed by atoms with van der Waals surface area (Å²) in [7, 11) is -2.05. The van der Waals surface area contributed by atoms with E-state index >= 15 is 0 Å². The largest absolute Gasteiger partial charge is 0.472 e. The molecule has 0 atom stereocenters. The van der Waals surface area contributed by atoms with Gasteiger partial charge in [0.2, 0.25) is 15.9 Å². The van der Waals surface area contributed by atoms with Gasteiger partial charge in [0.25, 0.3) is 0 Å². The molecule has 2 heterocycles. The molecule has 0 saturated heterocycles. The third-order valence-corrected chi connectivity index (χ3v) is 5.82. The van der Waals surface area contributed by atoms with Crippen LogP contribution in [0, 0.1) is 0 Å². The van der Waals surface area contributed by atoms with E-state index in [9.17, 15) is 13.2 Å². The lowest BCUT2D eigenvalue weighted by Gasteiger charge is -2.18. The molecule has 0 unspecified atom stereocenters. The summed E-state index contributed by atoms with van der Waals surface area (Å²) < 4.78 is 31.6. The predicted molar refractivity (Wildman–Crippen MR) is 85.5 cm³/mol. The summed E-state index contributed by atoms with van der Waals surface area (Å²) in [5.74, 6) is -0.0311. The Morgan fingerprint density at radius 2 is 2.13 bits per heavy atom. The van der Waals surface area contributed by atoms with Crippen molar-refractivity contribution in [2.75, 3.05) is 18.5 Å². The molecular weight excluding hydrogens is 316 g/mol. The zero-order chi connectivity index (χ0) is 16.6. The molecule has 1 aliphatic heterocycles. The highest BCUT2D eigenvalue weighted by Crippen LogP contribution is 2.31. The van der Waals surface area contributed by atoms with Gasteiger partial charge in [-0.15, -0.1) is 0 Å². The molecule has 2 aromatic rings. The molecule has 0 bridgehead atoms. The first-order valence-corrected chi connectivity index (χ1v) is 8.72. The number of hydrogen-bond acceptors (Lipinski definition) is 4. The van der Waals surface area contributed by atoms with Crippen LogP contribution in [-0.2, 0) is 27.8 Å². The molecule has 0 N–H and O–H groups in total. The van der Waals surface area contributed by atoms with Crippen LogP contribution in [0.4, 0.5) is 5.69 Å². The van der Waals surface area contributed by atoms with E-state index in [2.05, 4.69) is 0 Å². The molecule has 0 saturated carbocycles. The number of anilines is 1. The summed E-state index contributed by atoms with van der Waals surface area (Å²) in [6.45, 7) is 2.35. The third kappa shape index (κ3) is 2.89. The molecule has 3 rings (SSSR count). The van der Waals surface area contributed by atoms with Crippen LogP contribution in [0.5, 0.6) is 0 Å². The summed E-state index contributed by atoms with van der Waals surface area (Å²) in [4.78, 5) is 13.5. The highest BCUT2D eigenvalue weighted by molar-refractivity contribution is 7.89. The number of sulfonamides is 1. The van der Waals surface area contributed by atoms with Gasteiger partial charge in [0.15, 0.2) is 0 Å². The Bertz CT molecular complexity index is 828. The Kier molecular flexibility index (Phi) is 3.99. The standard InChI is InChI=1S/C16H18N2O4S/c1-12(19)18-7-5-14-9-15(3-4-16(14)18)23(20,21)17(2)10-13-6-8-22-11-13/h3-4,6,8-9,11H,5,7,10H2,1-2H3. The van der Waals surface area contributed by atoms with Gasteiger partial charge < -0.3 is 9.32 Å². The van der Waals surface area contributed by atoms with Crippen LogP contribution < -0.4 is 4.90 Å². The molecule has 122 valence electrons. The molecule has 1 aromatic carbocycles. The first kappa shape index (κ1) is 15.8. The molecule has 0 aliphatic carbocycles. The minimum Gasteiger partial charge on any atom is -0.472 e. The summed E-state index contributed by atoms with van der Waals surface area (Å²) in [6, 6.07) is 6.67. The molecule has 1 aliphatic rings. The molecule has 7 heteroatoms. The van der Waals surface area contributed by atoms with Gasteiger partial charge in [-0.05, 0) is 36.2 Å². The predicted octanol–water partition coefficient (Wildman–Crippen LogP) is 2.01. The summed E-state index contributed by atoms with van der Waals surface area (Å²) in [5, 5.41) is 0. The second-order valence-corrected chi connectivity index (χ2v) is 7.65. The third-order valence-electron chi connectivity index (χ3n) is 4.02. The fourth-order valence-electron chi connectivity index (χ4n) is 2.77. The Morgan fingerprint density at radius 1 is 1.35 bits per heavy atom. The molecule has 0 fully saturated rings. The van der Waals surface area contributed by atoms with Crippen LogP contribution in [0.15, 0.2) is 46.1 Å². The Balaban J connectivity index is 1.88. The van der Waals surface area contributed by atoms with Gasteiger partial charge in [0, 0.05) is 38.3 Å². The minimum atomic E-state index is -3.59. The van der Waals surface area contributed by atoms with Crippen molar-refractivity contribution in [2.45, 2.75) is 24.8 Å². The van der Waals surface area contributed by atoms with Gasteiger partial charge in [-0.3, -0.25) is 4.79 Å². The lowest BCUT2D eigenvalue weighted by atomic mass is 10.2. The SMILES string of the molecule is CC(=O)N1CCc2cc(S(=O)(=O)N(C)Cc3ccoc3)ccc21. The number of rotatable bonds is 4. The van der Waals surface area contributed by atoms with E-state index in [1.807, 2.05) is 0 Å². The van der Waals surface area contributed by atoms with E-state index in [1.165, 1.54) is 30.8 Å². The first-order valence-electron chi connectivity index (χ1n) is 7.28. The maximum Gasteiger partial charge on any atom is 0.243 e. The van der Waals surface area contributed by atoms with Crippen molar-refractivity contribution >= 4 is 21.6 Å². The topological polar surface area (TPSA) is 70.8 Å². The van der Waals surface area contributed by atoms with Gasteiger partial charge in [-0.1, -0.05) is 0 Å². The van der Waals surface area contributed by atoms with Crippen molar-refractivity contribution in [3.8, 4) is 0 Å². The van der Waals surface area contributed by atoms with Gasteiger partial charge in [0.1, 0.15) is 0 Å². The van der Waals surface area contributed by atoms with Crippen molar-refractivity contribution in [2.24, 2.45) is 0 Å². The zero-order valence-electron chi connectivity index (χ0n) is 13.0. The highest BCUT2D eigenvalue weighted by atomic mass is 32.2. The smallest absolute Gasteiger partial charge is 0.243 e. The second kappa shape index (κ2) is 5.82. The van der Waals surface area contributed by atoms with Crippen molar-refractivity contribution in [1.29, 1.82) is 0 Å². The number of carbonyl (C=O) groups is 1. The van der Waals surface area contributed by atoms with Gasteiger partial charge in [-0.25, -0.2) is 8.42 Å². The molecule has 0 radical (unpaired) electrons. The quantitative estimate of drug-likeness (QED) is 0.857. The lowest BCUT2D eigenvalue weighted by Crippen LogP contribution is -2.27. The van der Waals surface area contributed by atoms with E-state index < -0.39 is 10.0 Å². The van der Waals surface area contributed by atoms with Crippen molar-refractivity contribution < 1.29 is 17.6 Å². The molecule has 0 spiro atoms. The van der Waals surface area contributed by atoms with Crippen LogP contribution in [0.25, 0.3) is 0 Å². The number of benzene rings is 1. The number of carbonyl (C=O) groups excluding carboxylic acids is 1. The number of nitrogens with zero attached hydrogens (tertiary/aromatic N) is 2. The molecule has 1 amide bonds. The molecule has 6 nitrogen and oxygen atoms in total. The zero-order valence-corrected chi connectivity index (χ0v) is 13.8. The fraction of sp³-hybridized carbons (Fsp3) is 0.312. The number of hydrogen-bond donors (Lipinski definition) is 0. The van der Waals surface area contributed by atoms with Crippen molar-refractivity contribution in [1.82, 2.24) is 4.31 Å². The van der Waals surface area contributed by atoms with E-state index in [4.69, 9.17) is 4.42 Å². The van der Waals surface area contributed by atoms with Crippen LogP contribution in [-0.4, -0.2) is 32.2 Å². The number of furan rings is 1. The van der Waals surface area contributed by atoms with Gasteiger partial charge >= 0.3 is 0 Å². The summed E-state index contributed by atoms with van der Waals surface area (Å²) in [5.41, 5.74) is 2.48. The normalized spacial score (nSPS) is 14.3. The van der Waals surface area contributed by atoms with Crippen molar-refractivity contribution in [3.63, 3.8) is 0 Å². The van der Waals surface area contributed by atoms with Crippen LogP contribution in [0.1, 0.15) is 18.1 Å². The molecule has 1 aromatic heterocycles. The first-order chi connectivity index (χ1) is 10.9. The van der Waals surface area contributed by atoms with Gasteiger partial charge in [-0.2, -0.15) is 4.31 Å². The molecular formula is C16H18N2O4S. The Labute approximate surface area is 135 Å². The van der Waals surface area contributed by atoms with Crippen LogP contribution >= 0.6 is 0 Å². The molecule has 23 heavy (non-hydrogen) atoms. The van der Waals surface area contributed by atoms with E-state index in [-0.39, 0.29) is 17.3 Å². The van der Waals surface area contributed by atoms with E-state index in [1.54, 1.807) is 29.2 Å². The fourth-order valence-corrected chi connectivity index (χ4v) is 3.98. The minimum absolute atomic E-state index is 0.0311. The Morgan fingerprint density at radius 3 is 2.78 bits per heavy atom. The average molecular weight is 334 g/mol. The maximum atomic E-state index is 12.7. The summed E-state index contributed by atoms with van der Waals surface area (Å²) >= 11 is 0. The lowest BCUT2D eigenvalue weighted by molar-refractivity contribution is -0.116. The highest BCUT2D eigenvalue weighted by Gasteiger charge is 2.26.